The Balaban J connectivity index is 1.54. The zero-order valence-corrected chi connectivity index (χ0v) is 20.5. The van der Waals surface area contributed by atoms with Crippen molar-refractivity contribution in [3.63, 3.8) is 0 Å². The number of alkyl halides is 1. The molecular formula is C27H26FN7O2. The molecule has 0 aliphatic carbocycles. The summed E-state index contributed by atoms with van der Waals surface area (Å²) in [4.78, 5) is 25.3. The number of rotatable bonds is 6. The van der Waals surface area contributed by atoms with E-state index in [-0.39, 0.29) is 17.3 Å². The maximum Gasteiger partial charge on any atom is 0.341 e. The van der Waals surface area contributed by atoms with Gasteiger partial charge >= 0.3 is 5.97 Å². The predicted octanol–water partition coefficient (Wildman–Crippen LogP) is 3.91. The molecule has 5 aromatic rings. The molecule has 0 amide bonds. The van der Waals surface area contributed by atoms with Crippen LogP contribution < -0.4 is 4.90 Å². The normalized spacial score (nSPS) is 18.1. The summed E-state index contributed by atoms with van der Waals surface area (Å²) < 4.78 is 18.4. The molecule has 10 heteroatoms. The zero-order valence-electron chi connectivity index (χ0n) is 20.5. The highest BCUT2D eigenvalue weighted by Gasteiger charge is 2.34. The number of aromatic carboxylic acids is 1. The number of halogens is 1. The summed E-state index contributed by atoms with van der Waals surface area (Å²) in [6.45, 7) is 1.52. The van der Waals surface area contributed by atoms with E-state index in [0.29, 0.717) is 36.8 Å². The van der Waals surface area contributed by atoms with Gasteiger partial charge in [-0.3, -0.25) is 0 Å². The maximum absolute atomic E-state index is 15.0. The lowest BCUT2D eigenvalue weighted by molar-refractivity contribution is 0.0698. The lowest BCUT2D eigenvalue weighted by Gasteiger charge is -2.21. The summed E-state index contributed by atoms with van der Waals surface area (Å²) in [6, 6.07) is 15.3. The first kappa shape index (κ1) is 23.1. The van der Waals surface area contributed by atoms with Crippen LogP contribution in [-0.4, -0.2) is 73.5 Å². The van der Waals surface area contributed by atoms with Crippen LogP contribution in [0, 0.1) is 0 Å². The number of likely N-dealkylation sites (tertiary alicyclic amines) is 1. The molecule has 0 spiro atoms. The minimum absolute atomic E-state index is 0.0133. The third kappa shape index (κ3) is 3.99. The van der Waals surface area contributed by atoms with Gasteiger partial charge in [0.1, 0.15) is 23.2 Å². The lowest BCUT2D eigenvalue weighted by Crippen LogP contribution is -2.20. The summed E-state index contributed by atoms with van der Waals surface area (Å²) >= 11 is 0. The van der Waals surface area contributed by atoms with Gasteiger partial charge in [-0.25, -0.2) is 19.2 Å². The van der Waals surface area contributed by atoms with E-state index in [0.717, 1.165) is 16.5 Å². The molecule has 37 heavy (non-hydrogen) atoms. The lowest BCUT2D eigenvalue weighted by atomic mass is 10.1. The van der Waals surface area contributed by atoms with E-state index in [4.69, 9.17) is 4.98 Å². The Bertz CT molecular complexity index is 1610. The van der Waals surface area contributed by atoms with Crippen LogP contribution in [0.5, 0.6) is 0 Å². The average Bonchev–Trinajstić information content (AvgIpc) is 3.58. The molecule has 0 saturated carbocycles. The molecule has 2 atom stereocenters. The second-order valence-electron chi connectivity index (χ2n) is 9.57. The second-order valence-corrected chi connectivity index (χ2v) is 9.57. The van der Waals surface area contributed by atoms with Crippen molar-refractivity contribution in [1.29, 1.82) is 0 Å². The van der Waals surface area contributed by atoms with Gasteiger partial charge in [-0.1, -0.05) is 30.3 Å². The quantitative estimate of drug-likeness (QED) is 0.379. The molecule has 1 fully saturated rings. The van der Waals surface area contributed by atoms with Crippen LogP contribution in [0.25, 0.3) is 27.9 Å². The number of carboxylic acid groups (broad SMARTS) is 1. The number of fused-ring (bicyclic) bond motifs is 2. The minimum atomic E-state index is -1.10. The van der Waals surface area contributed by atoms with E-state index in [9.17, 15) is 14.3 Å². The molecule has 188 valence electrons. The standard InChI is InChI=1S/C27H26FN7O2/c1-32-15-21(28)23(16-32)34-14-20(18-9-6-10-29-25(18)34)22-11-24(33(2)13-17-7-4-3-5-8-17)35-26(31-22)19(12-30-35)27(36)37/h3-12,14,21,23H,13,15-16H2,1-2H3,(H,36,37)/t21-,23-/m0/s1. The number of anilines is 1. The smallest absolute Gasteiger partial charge is 0.341 e. The number of nitrogens with zero attached hydrogens (tertiary/aromatic N) is 7. The number of hydrogen-bond donors (Lipinski definition) is 1. The Morgan fingerprint density at radius 3 is 2.70 bits per heavy atom. The predicted molar refractivity (Wildman–Crippen MR) is 139 cm³/mol. The van der Waals surface area contributed by atoms with Crippen LogP contribution in [0.4, 0.5) is 10.2 Å². The Labute approximate surface area is 212 Å². The van der Waals surface area contributed by atoms with Gasteiger partial charge in [-0.05, 0) is 24.7 Å². The summed E-state index contributed by atoms with van der Waals surface area (Å²) in [5.41, 5.74) is 3.37. The fourth-order valence-electron chi connectivity index (χ4n) is 5.18. The van der Waals surface area contributed by atoms with Gasteiger partial charge in [0.25, 0.3) is 0 Å². The van der Waals surface area contributed by atoms with Crippen molar-refractivity contribution in [2.75, 3.05) is 32.1 Å². The number of pyridine rings is 1. The van der Waals surface area contributed by atoms with Crippen LogP contribution in [0.15, 0.2) is 67.1 Å². The van der Waals surface area contributed by atoms with Gasteiger partial charge in [-0.2, -0.15) is 9.61 Å². The molecule has 0 radical (unpaired) electrons. The average molecular weight is 500 g/mol. The van der Waals surface area contributed by atoms with E-state index in [2.05, 4.69) is 10.1 Å². The molecule has 9 nitrogen and oxygen atoms in total. The van der Waals surface area contributed by atoms with Gasteiger partial charge in [-0.15, -0.1) is 0 Å². The largest absolute Gasteiger partial charge is 0.477 e. The Hall–Kier alpha value is -4.31. The van der Waals surface area contributed by atoms with Gasteiger partial charge in [0.15, 0.2) is 5.65 Å². The highest BCUT2D eigenvalue weighted by atomic mass is 19.1. The number of benzene rings is 1. The van der Waals surface area contributed by atoms with Gasteiger partial charge in [0, 0.05) is 56.1 Å². The SMILES string of the molecule is CN1C[C@H](F)[C@@H](n2cc(-c3cc(N(C)Cc4ccccc4)n4ncc(C(=O)O)c4n3)c3cccnc32)C1. The van der Waals surface area contributed by atoms with E-state index in [1.807, 2.05) is 83.2 Å². The van der Waals surface area contributed by atoms with Crippen LogP contribution in [-0.2, 0) is 6.54 Å². The first-order valence-corrected chi connectivity index (χ1v) is 12.1. The fourth-order valence-corrected chi connectivity index (χ4v) is 5.18. The van der Waals surface area contributed by atoms with Crippen molar-refractivity contribution in [1.82, 2.24) is 29.0 Å². The van der Waals surface area contributed by atoms with E-state index in [1.54, 1.807) is 10.7 Å². The molecule has 1 saturated heterocycles. The summed E-state index contributed by atoms with van der Waals surface area (Å²) in [5, 5.41) is 15.0. The molecule has 6 rings (SSSR count). The molecule has 1 aliphatic rings. The summed E-state index contributed by atoms with van der Waals surface area (Å²) in [6.07, 6.45) is 3.89. The van der Waals surface area contributed by atoms with E-state index >= 15 is 0 Å². The molecular weight excluding hydrogens is 473 g/mol. The highest BCUT2D eigenvalue weighted by molar-refractivity contribution is 5.97. The van der Waals surface area contributed by atoms with Crippen LogP contribution in [0.2, 0.25) is 0 Å². The Kier molecular flexibility index (Phi) is 5.60. The zero-order chi connectivity index (χ0) is 25.7. The number of likely N-dealkylation sites (N-methyl/N-ethyl adjacent to an activating group) is 1. The molecule has 1 N–H and O–H groups in total. The van der Waals surface area contributed by atoms with E-state index in [1.165, 1.54) is 6.20 Å². The molecule has 1 aliphatic heterocycles. The van der Waals surface area contributed by atoms with Gasteiger partial charge < -0.3 is 19.5 Å². The molecule has 1 aromatic carbocycles. The maximum atomic E-state index is 15.0. The summed E-state index contributed by atoms with van der Waals surface area (Å²) in [5.74, 6) is -0.417. The van der Waals surface area contributed by atoms with Crippen molar-refractivity contribution >= 4 is 28.5 Å². The van der Waals surface area contributed by atoms with Crippen molar-refractivity contribution in [2.24, 2.45) is 0 Å². The van der Waals surface area contributed by atoms with E-state index < -0.39 is 12.1 Å². The minimum Gasteiger partial charge on any atom is -0.477 e. The number of carboxylic acids is 1. The first-order chi connectivity index (χ1) is 17.9. The first-order valence-electron chi connectivity index (χ1n) is 12.1. The molecule has 0 bridgehead atoms. The number of hydrogen-bond acceptors (Lipinski definition) is 6. The molecule has 5 heterocycles. The third-order valence-corrected chi connectivity index (χ3v) is 6.96. The second kappa shape index (κ2) is 8.97. The van der Waals surface area contributed by atoms with Crippen LogP contribution in [0.1, 0.15) is 22.0 Å². The van der Waals surface area contributed by atoms with Crippen LogP contribution in [0.3, 0.4) is 0 Å². The number of aromatic nitrogens is 5. The summed E-state index contributed by atoms with van der Waals surface area (Å²) in [7, 11) is 3.84. The van der Waals surface area contributed by atoms with Crippen molar-refractivity contribution in [2.45, 2.75) is 18.8 Å². The third-order valence-electron chi connectivity index (χ3n) is 6.96. The topological polar surface area (TPSA) is 91.8 Å². The molecule has 0 unspecified atom stereocenters. The van der Waals surface area contributed by atoms with Gasteiger partial charge in [0.05, 0.1) is 17.9 Å². The van der Waals surface area contributed by atoms with Crippen LogP contribution >= 0.6 is 0 Å². The van der Waals surface area contributed by atoms with Crippen molar-refractivity contribution < 1.29 is 14.3 Å². The fraction of sp³-hybridized carbons (Fsp3) is 0.259. The number of carbonyl (C=O) groups is 1. The Morgan fingerprint density at radius 2 is 1.97 bits per heavy atom. The van der Waals surface area contributed by atoms with Crippen molar-refractivity contribution in [3.8, 4) is 11.3 Å². The monoisotopic (exact) mass is 499 g/mol. The highest BCUT2D eigenvalue weighted by Crippen LogP contribution is 2.36. The molecule has 4 aromatic heterocycles. The van der Waals surface area contributed by atoms with Gasteiger partial charge in [0.2, 0.25) is 0 Å². The Morgan fingerprint density at radius 1 is 1.16 bits per heavy atom. The van der Waals surface area contributed by atoms with Crippen molar-refractivity contribution in [3.05, 3.63) is 78.2 Å².